The summed E-state index contributed by atoms with van der Waals surface area (Å²) in [5.41, 5.74) is 2.05. The lowest BCUT2D eigenvalue weighted by Crippen LogP contribution is -2.21. The third-order valence-electron chi connectivity index (χ3n) is 6.26. The molecule has 1 fully saturated rings. The third kappa shape index (κ3) is 6.44. The van der Waals surface area contributed by atoms with Crippen molar-refractivity contribution in [2.24, 2.45) is 5.92 Å². The van der Waals surface area contributed by atoms with Gasteiger partial charge in [-0.15, -0.1) is 0 Å². The molecule has 0 spiro atoms. The maximum atomic E-state index is 14.7. The first kappa shape index (κ1) is 24.4. The van der Waals surface area contributed by atoms with E-state index in [9.17, 15) is 13.2 Å². The molecule has 1 nitrogen and oxygen atoms in total. The summed E-state index contributed by atoms with van der Waals surface area (Å²) < 4.78 is 49.0. The van der Waals surface area contributed by atoms with Gasteiger partial charge >= 0.3 is 6.11 Å². The van der Waals surface area contributed by atoms with Crippen LogP contribution >= 0.6 is 34.2 Å². The van der Waals surface area contributed by atoms with Gasteiger partial charge in [-0.25, -0.2) is 4.39 Å². The Morgan fingerprint density at radius 1 is 0.879 bits per heavy atom. The van der Waals surface area contributed by atoms with E-state index in [1.807, 2.05) is 12.1 Å². The molecule has 4 rings (SSSR count). The van der Waals surface area contributed by atoms with Crippen LogP contribution in [0.25, 0.3) is 11.1 Å². The van der Waals surface area contributed by atoms with E-state index in [1.54, 1.807) is 18.2 Å². The van der Waals surface area contributed by atoms with Crippen molar-refractivity contribution >= 4 is 34.2 Å². The first-order chi connectivity index (χ1) is 15.8. The third-order valence-corrected chi connectivity index (χ3v) is 7.81. The van der Waals surface area contributed by atoms with Crippen LogP contribution in [0.2, 0.25) is 5.02 Å². The molecule has 6 heteroatoms. The van der Waals surface area contributed by atoms with Gasteiger partial charge < -0.3 is 4.74 Å². The van der Waals surface area contributed by atoms with E-state index < -0.39 is 11.9 Å². The molecule has 1 aliphatic rings. The van der Waals surface area contributed by atoms with Gasteiger partial charge in [0.1, 0.15) is 11.6 Å². The van der Waals surface area contributed by atoms with E-state index in [-0.39, 0.29) is 16.3 Å². The number of hydrogen-bond acceptors (Lipinski definition) is 1. The highest BCUT2D eigenvalue weighted by molar-refractivity contribution is 14.1. The minimum Gasteiger partial charge on any atom is -0.429 e. The zero-order valence-corrected chi connectivity index (χ0v) is 21.0. The fourth-order valence-corrected chi connectivity index (χ4v) is 5.08. The second-order valence-electron chi connectivity index (χ2n) is 8.63. The molecule has 33 heavy (non-hydrogen) atoms. The quantitative estimate of drug-likeness (QED) is 0.199. The zero-order chi connectivity index (χ0) is 23.4. The van der Waals surface area contributed by atoms with Crippen molar-refractivity contribution in [2.75, 3.05) is 0 Å². The molecular formula is C27H25ClF3IO. The van der Waals surface area contributed by atoms with Gasteiger partial charge in [-0.3, -0.25) is 0 Å². The Balaban J connectivity index is 1.36. The number of aryl methyl sites for hydroxylation is 1. The smallest absolute Gasteiger partial charge is 0.426 e. The first-order valence-electron chi connectivity index (χ1n) is 11.2. The van der Waals surface area contributed by atoms with Crippen LogP contribution in [0.5, 0.6) is 5.75 Å². The number of hydrogen-bond donors (Lipinski definition) is 0. The molecule has 0 heterocycles. The van der Waals surface area contributed by atoms with Crippen LogP contribution in [-0.4, -0.2) is 3.92 Å². The Labute approximate surface area is 211 Å². The standard InChI is InChI=1S/C27H25ClF3IO/c28-25-16-9-21(17-26(25)29)20-7-10-22(11-8-20)27(30,31)33-24-14-5-19(6-15-24)2-1-18-3-12-23(32)13-4-18/h5-11,14-18,23H,1-4,12-13H2. The van der Waals surface area contributed by atoms with Gasteiger partial charge in [0.2, 0.25) is 0 Å². The molecular weight excluding hydrogens is 560 g/mol. The minimum atomic E-state index is -3.48. The Bertz CT molecular complexity index is 1060. The normalized spacial score (nSPS) is 18.8. The van der Waals surface area contributed by atoms with Gasteiger partial charge in [0.25, 0.3) is 0 Å². The van der Waals surface area contributed by atoms with E-state index in [0.29, 0.717) is 11.1 Å². The lowest BCUT2D eigenvalue weighted by atomic mass is 9.85. The summed E-state index contributed by atoms with van der Waals surface area (Å²) in [6.45, 7) is 0. The highest BCUT2D eigenvalue weighted by Gasteiger charge is 2.34. The molecule has 0 atom stereocenters. The van der Waals surface area contributed by atoms with E-state index in [4.69, 9.17) is 16.3 Å². The second-order valence-corrected chi connectivity index (χ2v) is 10.8. The molecule has 3 aromatic carbocycles. The molecule has 0 aliphatic heterocycles. The summed E-state index contributed by atoms with van der Waals surface area (Å²) in [5, 5.41) is 0.0182. The molecule has 0 N–H and O–H groups in total. The summed E-state index contributed by atoms with van der Waals surface area (Å²) in [6.07, 6.45) is 3.78. The maximum absolute atomic E-state index is 14.7. The van der Waals surface area contributed by atoms with Gasteiger partial charge in [0.15, 0.2) is 0 Å². The molecule has 1 saturated carbocycles. The number of ether oxygens (including phenoxy) is 1. The molecule has 0 radical (unpaired) electrons. The fraction of sp³-hybridized carbons (Fsp3) is 0.333. The SMILES string of the molecule is Fc1cc(-c2ccc(C(F)(F)Oc3ccc(CCC4CCC(I)CC4)cc3)cc2)ccc1Cl. The van der Waals surface area contributed by atoms with E-state index >= 15 is 0 Å². The van der Waals surface area contributed by atoms with Crippen molar-refractivity contribution in [2.45, 2.75) is 48.6 Å². The lowest BCUT2D eigenvalue weighted by molar-refractivity contribution is -0.185. The van der Waals surface area contributed by atoms with Crippen molar-refractivity contribution < 1.29 is 17.9 Å². The minimum absolute atomic E-state index is 0.0182. The second kappa shape index (κ2) is 10.7. The predicted molar refractivity (Wildman–Crippen MR) is 136 cm³/mol. The van der Waals surface area contributed by atoms with Crippen LogP contribution in [0.1, 0.15) is 43.2 Å². The van der Waals surface area contributed by atoms with Crippen LogP contribution in [0.4, 0.5) is 13.2 Å². The molecule has 0 aromatic heterocycles. The Morgan fingerprint density at radius 3 is 2.15 bits per heavy atom. The summed E-state index contributed by atoms with van der Waals surface area (Å²) in [5.74, 6) is 0.338. The summed E-state index contributed by atoms with van der Waals surface area (Å²) in [6, 6.07) is 16.9. The molecule has 174 valence electrons. The van der Waals surface area contributed by atoms with Crippen molar-refractivity contribution in [1.29, 1.82) is 0 Å². The number of alkyl halides is 3. The number of benzene rings is 3. The molecule has 0 unspecified atom stereocenters. The van der Waals surface area contributed by atoms with Gasteiger partial charge in [-0.2, -0.15) is 8.78 Å². The zero-order valence-electron chi connectivity index (χ0n) is 18.0. The molecule has 0 amide bonds. The van der Waals surface area contributed by atoms with Crippen molar-refractivity contribution in [3.63, 3.8) is 0 Å². The first-order valence-corrected chi connectivity index (χ1v) is 12.8. The average Bonchev–Trinajstić information content (AvgIpc) is 2.81. The molecule has 3 aromatic rings. The van der Waals surface area contributed by atoms with E-state index in [1.165, 1.54) is 62.1 Å². The highest BCUT2D eigenvalue weighted by Crippen LogP contribution is 2.34. The summed E-state index contributed by atoms with van der Waals surface area (Å²) in [4.78, 5) is 0. The Morgan fingerprint density at radius 2 is 1.52 bits per heavy atom. The lowest BCUT2D eigenvalue weighted by Gasteiger charge is -2.25. The number of rotatable bonds is 7. The van der Waals surface area contributed by atoms with Gasteiger partial charge in [-0.05, 0) is 97.5 Å². The summed E-state index contributed by atoms with van der Waals surface area (Å²) in [7, 11) is 0. The largest absolute Gasteiger partial charge is 0.429 e. The van der Waals surface area contributed by atoms with Crippen LogP contribution in [0, 0.1) is 11.7 Å². The molecule has 0 bridgehead atoms. The predicted octanol–water partition coefficient (Wildman–Crippen LogP) is 9.20. The topological polar surface area (TPSA) is 9.23 Å². The van der Waals surface area contributed by atoms with E-state index in [2.05, 4.69) is 22.6 Å². The Kier molecular flexibility index (Phi) is 7.90. The van der Waals surface area contributed by atoms with Gasteiger partial charge in [-0.1, -0.05) is 64.5 Å². The summed E-state index contributed by atoms with van der Waals surface area (Å²) >= 11 is 8.24. The van der Waals surface area contributed by atoms with Crippen LogP contribution in [0.15, 0.2) is 66.7 Å². The van der Waals surface area contributed by atoms with Crippen molar-refractivity contribution in [1.82, 2.24) is 0 Å². The van der Waals surface area contributed by atoms with Crippen LogP contribution in [-0.2, 0) is 12.5 Å². The average molecular weight is 585 g/mol. The monoisotopic (exact) mass is 584 g/mol. The van der Waals surface area contributed by atoms with E-state index in [0.717, 1.165) is 28.2 Å². The Hall–Kier alpha value is -1.73. The van der Waals surface area contributed by atoms with Crippen LogP contribution in [0.3, 0.4) is 0 Å². The van der Waals surface area contributed by atoms with Gasteiger partial charge in [0.05, 0.1) is 10.6 Å². The number of halogens is 5. The van der Waals surface area contributed by atoms with Crippen molar-refractivity contribution in [3.05, 3.63) is 88.7 Å². The fourth-order valence-electron chi connectivity index (χ4n) is 4.24. The molecule has 0 saturated heterocycles. The van der Waals surface area contributed by atoms with Crippen LogP contribution < -0.4 is 4.74 Å². The van der Waals surface area contributed by atoms with Gasteiger partial charge in [0, 0.05) is 3.92 Å². The van der Waals surface area contributed by atoms with Crippen molar-refractivity contribution in [3.8, 4) is 16.9 Å². The highest BCUT2D eigenvalue weighted by atomic mass is 127. The maximum Gasteiger partial charge on any atom is 0.426 e. The molecule has 1 aliphatic carbocycles.